The van der Waals surface area contributed by atoms with Crippen molar-refractivity contribution in [3.05, 3.63) is 65.2 Å². The number of nitrogens with zero attached hydrogens (tertiary/aromatic N) is 2. The number of hydrazone groups is 1. The van der Waals surface area contributed by atoms with Crippen LogP contribution in [0.1, 0.15) is 54.6 Å². The highest BCUT2D eigenvalue weighted by Crippen LogP contribution is 2.22. The number of benzene rings is 2. The second-order valence-electron chi connectivity index (χ2n) is 7.30. The number of rotatable bonds is 6. The third-order valence-corrected chi connectivity index (χ3v) is 5.15. The van der Waals surface area contributed by atoms with E-state index in [9.17, 15) is 4.79 Å². The maximum Gasteiger partial charge on any atom is 0.337 e. The second-order valence-corrected chi connectivity index (χ2v) is 7.30. The van der Waals surface area contributed by atoms with Crippen molar-refractivity contribution < 1.29 is 14.3 Å². The molecule has 2 unspecified atom stereocenters. The summed E-state index contributed by atoms with van der Waals surface area (Å²) in [6.45, 7) is 4.92. The predicted molar refractivity (Wildman–Crippen MR) is 111 cm³/mol. The first kappa shape index (κ1) is 19.9. The fraction of sp³-hybridized carbons (Fsp3) is 0.391. The molecule has 1 heterocycles. The van der Waals surface area contributed by atoms with Crippen molar-refractivity contribution in [3.8, 4) is 5.75 Å². The Kier molecular flexibility index (Phi) is 6.69. The summed E-state index contributed by atoms with van der Waals surface area (Å²) in [5, 5.41) is 6.91. The minimum atomic E-state index is -0.335. The van der Waals surface area contributed by atoms with Crippen molar-refractivity contribution in [2.45, 2.75) is 51.8 Å². The van der Waals surface area contributed by atoms with E-state index in [1.54, 1.807) is 12.1 Å². The zero-order valence-corrected chi connectivity index (χ0v) is 16.8. The van der Waals surface area contributed by atoms with E-state index in [4.69, 9.17) is 14.6 Å². The number of carbonyl (C=O) groups excluding carboxylic acids is 1. The number of methoxy groups -OCH3 is 1. The Morgan fingerprint density at radius 3 is 2.32 bits per heavy atom. The van der Waals surface area contributed by atoms with Gasteiger partial charge in [-0.1, -0.05) is 12.1 Å². The van der Waals surface area contributed by atoms with Gasteiger partial charge < -0.3 is 9.47 Å². The summed E-state index contributed by atoms with van der Waals surface area (Å²) in [6.07, 6.45) is 5.61. The number of ether oxygens (including phenoxy) is 2. The molecular weight excluding hydrogens is 352 g/mol. The van der Waals surface area contributed by atoms with Gasteiger partial charge in [-0.05, 0) is 80.6 Å². The fourth-order valence-electron chi connectivity index (χ4n) is 3.44. The predicted octanol–water partition coefficient (Wildman–Crippen LogP) is 4.65. The van der Waals surface area contributed by atoms with Gasteiger partial charge in [0.1, 0.15) is 12.4 Å². The summed E-state index contributed by atoms with van der Waals surface area (Å²) in [7, 11) is 1.38. The number of hydrogen-bond donors (Lipinski definition) is 0. The zero-order chi connectivity index (χ0) is 19.9. The van der Waals surface area contributed by atoms with E-state index >= 15 is 0 Å². The molecule has 0 bridgehead atoms. The van der Waals surface area contributed by atoms with Gasteiger partial charge in [-0.25, -0.2) is 4.79 Å². The lowest BCUT2D eigenvalue weighted by Gasteiger charge is -2.36. The Bertz CT molecular complexity index is 790. The highest BCUT2D eigenvalue weighted by molar-refractivity contribution is 5.89. The topological polar surface area (TPSA) is 51.1 Å². The molecule has 1 aliphatic rings. The molecule has 0 saturated carbocycles. The molecular formula is C23H28N2O3. The average molecular weight is 380 g/mol. The Morgan fingerprint density at radius 1 is 1.07 bits per heavy atom. The molecule has 0 radical (unpaired) electrons. The summed E-state index contributed by atoms with van der Waals surface area (Å²) in [6, 6.07) is 16.1. The summed E-state index contributed by atoms with van der Waals surface area (Å²) in [5.74, 6) is 0.465. The lowest BCUT2D eigenvalue weighted by molar-refractivity contribution is 0.0600. The molecule has 1 saturated heterocycles. The molecule has 3 rings (SSSR count). The van der Waals surface area contributed by atoms with Crippen LogP contribution in [0.15, 0.2) is 53.6 Å². The largest absolute Gasteiger partial charge is 0.489 e. The molecule has 0 aliphatic carbocycles. The van der Waals surface area contributed by atoms with Crippen molar-refractivity contribution in [2.75, 3.05) is 7.11 Å². The van der Waals surface area contributed by atoms with Gasteiger partial charge in [0.2, 0.25) is 0 Å². The molecule has 0 spiro atoms. The summed E-state index contributed by atoms with van der Waals surface area (Å²) in [5.41, 5.74) is 2.58. The SMILES string of the molecule is COC(=O)c1ccc(COc2ccc(C=NN3C(C)CCCC3C)cc2)cc1. The van der Waals surface area contributed by atoms with E-state index in [-0.39, 0.29) is 5.97 Å². The number of carbonyl (C=O) groups is 1. The lowest BCUT2D eigenvalue weighted by atomic mass is 10.00. The monoisotopic (exact) mass is 380 g/mol. The quantitative estimate of drug-likeness (QED) is 0.541. The molecule has 5 nitrogen and oxygen atoms in total. The molecule has 0 amide bonds. The zero-order valence-electron chi connectivity index (χ0n) is 16.8. The van der Waals surface area contributed by atoms with Crippen molar-refractivity contribution in [2.24, 2.45) is 5.10 Å². The molecule has 5 heteroatoms. The average Bonchev–Trinajstić information content (AvgIpc) is 2.72. The van der Waals surface area contributed by atoms with Gasteiger partial charge in [-0.2, -0.15) is 5.10 Å². The Morgan fingerprint density at radius 2 is 1.71 bits per heavy atom. The van der Waals surface area contributed by atoms with Crippen LogP contribution in [-0.2, 0) is 11.3 Å². The first-order valence-electron chi connectivity index (χ1n) is 9.79. The molecule has 148 valence electrons. The van der Waals surface area contributed by atoms with Gasteiger partial charge in [0, 0.05) is 12.1 Å². The Hall–Kier alpha value is -2.82. The molecule has 0 aromatic heterocycles. The van der Waals surface area contributed by atoms with Gasteiger partial charge >= 0.3 is 5.97 Å². The summed E-state index contributed by atoms with van der Waals surface area (Å²) >= 11 is 0. The van der Waals surface area contributed by atoms with Crippen molar-refractivity contribution >= 4 is 12.2 Å². The standard InChI is InChI=1S/C23H28N2O3/c1-17-5-4-6-18(2)25(17)24-15-19-9-13-22(14-10-19)28-16-20-7-11-21(12-8-20)23(26)27-3/h7-15,17-18H,4-6,16H2,1-3H3. The second kappa shape index (κ2) is 9.40. The smallest absolute Gasteiger partial charge is 0.337 e. The molecule has 2 aromatic rings. The van der Waals surface area contributed by atoms with Crippen LogP contribution < -0.4 is 4.74 Å². The van der Waals surface area contributed by atoms with Crippen molar-refractivity contribution in [1.82, 2.24) is 5.01 Å². The molecule has 1 fully saturated rings. The highest BCUT2D eigenvalue weighted by atomic mass is 16.5. The van der Waals surface area contributed by atoms with Crippen LogP contribution in [0.5, 0.6) is 5.75 Å². The lowest BCUT2D eigenvalue weighted by Crippen LogP contribution is -2.39. The van der Waals surface area contributed by atoms with Crippen LogP contribution in [0, 0.1) is 0 Å². The maximum absolute atomic E-state index is 11.5. The van der Waals surface area contributed by atoms with Crippen LogP contribution in [-0.4, -0.2) is 36.4 Å². The third kappa shape index (κ3) is 5.12. The van der Waals surface area contributed by atoms with Gasteiger partial charge in [-0.3, -0.25) is 5.01 Å². The van der Waals surface area contributed by atoms with Gasteiger partial charge in [0.05, 0.1) is 18.9 Å². The van der Waals surface area contributed by atoms with Crippen LogP contribution in [0.25, 0.3) is 0 Å². The molecule has 0 N–H and O–H groups in total. The van der Waals surface area contributed by atoms with Crippen LogP contribution >= 0.6 is 0 Å². The van der Waals surface area contributed by atoms with Gasteiger partial charge in [0.25, 0.3) is 0 Å². The van der Waals surface area contributed by atoms with E-state index in [0.29, 0.717) is 24.3 Å². The highest BCUT2D eigenvalue weighted by Gasteiger charge is 2.22. The Balaban J connectivity index is 1.54. The molecule has 2 aromatic carbocycles. The summed E-state index contributed by atoms with van der Waals surface area (Å²) in [4.78, 5) is 11.5. The number of hydrogen-bond acceptors (Lipinski definition) is 5. The van der Waals surface area contributed by atoms with E-state index < -0.39 is 0 Å². The third-order valence-electron chi connectivity index (χ3n) is 5.15. The Labute approximate surface area is 167 Å². The van der Waals surface area contributed by atoms with Crippen LogP contribution in [0.3, 0.4) is 0 Å². The van der Waals surface area contributed by atoms with Crippen LogP contribution in [0.4, 0.5) is 0 Å². The first-order valence-corrected chi connectivity index (χ1v) is 9.79. The number of piperidine rings is 1. The van der Waals surface area contributed by atoms with Gasteiger partial charge in [0.15, 0.2) is 0 Å². The van der Waals surface area contributed by atoms with E-state index in [1.807, 2.05) is 42.6 Å². The van der Waals surface area contributed by atoms with Crippen molar-refractivity contribution in [3.63, 3.8) is 0 Å². The first-order chi connectivity index (χ1) is 13.6. The molecule has 1 aliphatic heterocycles. The van der Waals surface area contributed by atoms with E-state index in [0.717, 1.165) is 16.9 Å². The molecule has 2 atom stereocenters. The van der Waals surface area contributed by atoms with Crippen LogP contribution in [0.2, 0.25) is 0 Å². The van der Waals surface area contributed by atoms with E-state index in [1.165, 1.54) is 26.4 Å². The van der Waals surface area contributed by atoms with E-state index in [2.05, 4.69) is 18.9 Å². The number of esters is 1. The fourth-order valence-corrected chi connectivity index (χ4v) is 3.44. The van der Waals surface area contributed by atoms with Gasteiger partial charge in [-0.15, -0.1) is 0 Å². The minimum Gasteiger partial charge on any atom is -0.489 e. The normalized spacial score (nSPS) is 19.6. The maximum atomic E-state index is 11.5. The summed E-state index contributed by atoms with van der Waals surface area (Å²) < 4.78 is 10.5. The minimum absolute atomic E-state index is 0.335. The molecule has 28 heavy (non-hydrogen) atoms. The van der Waals surface area contributed by atoms with Crippen molar-refractivity contribution in [1.29, 1.82) is 0 Å².